The molecule has 100 valence electrons. The van der Waals surface area contributed by atoms with Gasteiger partial charge in [-0.15, -0.1) is 0 Å². The highest BCUT2D eigenvalue weighted by atomic mass is 15.3. The van der Waals surface area contributed by atoms with Gasteiger partial charge in [-0.2, -0.15) is 0 Å². The van der Waals surface area contributed by atoms with Crippen LogP contribution in [0.4, 0.5) is 5.69 Å². The van der Waals surface area contributed by atoms with Gasteiger partial charge in [-0.25, -0.2) is 0 Å². The lowest BCUT2D eigenvalue weighted by Gasteiger charge is -2.37. The van der Waals surface area contributed by atoms with Crippen molar-refractivity contribution in [3.8, 4) is 0 Å². The van der Waals surface area contributed by atoms with E-state index >= 15 is 0 Å². The maximum absolute atomic E-state index is 5.61. The van der Waals surface area contributed by atoms with Crippen LogP contribution in [0.25, 0.3) is 0 Å². The molecule has 0 unspecified atom stereocenters. The van der Waals surface area contributed by atoms with Crippen molar-refractivity contribution in [2.24, 2.45) is 5.73 Å². The van der Waals surface area contributed by atoms with E-state index in [1.807, 2.05) is 0 Å². The summed E-state index contributed by atoms with van der Waals surface area (Å²) < 4.78 is 0. The van der Waals surface area contributed by atoms with Crippen molar-refractivity contribution in [1.82, 2.24) is 4.90 Å². The van der Waals surface area contributed by atoms with Crippen molar-refractivity contribution in [2.45, 2.75) is 19.8 Å². The number of hydrogen-bond donors (Lipinski definition) is 1. The Morgan fingerprint density at radius 1 is 1.11 bits per heavy atom. The number of nitrogens with zero attached hydrogens (tertiary/aromatic N) is 2. The fourth-order valence-electron chi connectivity index (χ4n) is 2.66. The molecule has 2 rings (SSSR count). The minimum Gasteiger partial charge on any atom is -0.369 e. The summed E-state index contributed by atoms with van der Waals surface area (Å²) in [7, 11) is 0. The van der Waals surface area contributed by atoms with Gasteiger partial charge in [0.15, 0.2) is 0 Å². The third-order valence-corrected chi connectivity index (χ3v) is 3.72. The largest absolute Gasteiger partial charge is 0.369 e. The average molecular weight is 247 g/mol. The Hall–Kier alpha value is -1.06. The van der Waals surface area contributed by atoms with Crippen molar-refractivity contribution in [3.05, 3.63) is 29.8 Å². The normalized spacial score (nSPS) is 17.4. The third kappa shape index (κ3) is 3.03. The van der Waals surface area contributed by atoms with Crippen LogP contribution < -0.4 is 10.6 Å². The van der Waals surface area contributed by atoms with E-state index in [9.17, 15) is 0 Å². The molecular formula is C15H25N3. The molecule has 0 aromatic heterocycles. The van der Waals surface area contributed by atoms with Gasteiger partial charge in [0.25, 0.3) is 0 Å². The Balaban J connectivity index is 2.05. The summed E-state index contributed by atoms with van der Waals surface area (Å²) in [5, 5.41) is 0. The van der Waals surface area contributed by atoms with Gasteiger partial charge in [-0.05, 0) is 17.5 Å². The lowest BCUT2D eigenvalue weighted by Crippen LogP contribution is -2.48. The van der Waals surface area contributed by atoms with Crippen molar-refractivity contribution in [1.29, 1.82) is 0 Å². The summed E-state index contributed by atoms with van der Waals surface area (Å²) in [6, 6.07) is 8.80. The summed E-state index contributed by atoms with van der Waals surface area (Å²) in [6.07, 6.45) is 0. The summed E-state index contributed by atoms with van der Waals surface area (Å²) in [5.41, 5.74) is 8.49. The zero-order chi connectivity index (χ0) is 13.0. The molecule has 1 aliphatic heterocycles. The van der Waals surface area contributed by atoms with Crippen LogP contribution in [0.1, 0.15) is 25.3 Å². The van der Waals surface area contributed by atoms with Crippen LogP contribution in [0.15, 0.2) is 24.3 Å². The second kappa shape index (κ2) is 6.21. The predicted octanol–water partition coefficient (Wildman–Crippen LogP) is 1.89. The number of nitrogens with two attached hydrogens (primary N) is 1. The van der Waals surface area contributed by atoms with Crippen LogP contribution in [0.2, 0.25) is 0 Å². The summed E-state index contributed by atoms with van der Waals surface area (Å²) >= 11 is 0. The quantitative estimate of drug-likeness (QED) is 0.882. The van der Waals surface area contributed by atoms with E-state index in [2.05, 4.69) is 47.9 Å². The summed E-state index contributed by atoms with van der Waals surface area (Å²) in [5.74, 6) is 0.586. The van der Waals surface area contributed by atoms with Crippen molar-refractivity contribution >= 4 is 5.69 Å². The second-order valence-corrected chi connectivity index (χ2v) is 5.33. The zero-order valence-electron chi connectivity index (χ0n) is 11.6. The third-order valence-electron chi connectivity index (χ3n) is 3.72. The SMILES string of the molecule is CC(C)c1ccccc1N1CCN(CCN)CC1. The van der Waals surface area contributed by atoms with Crippen molar-refractivity contribution < 1.29 is 0 Å². The topological polar surface area (TPSA) is 32.5 Å². The van der Waals surface area contributed by atoms with Gasteiger partial charge >= 0.3 is 0 Å². The molecule has 0 spiro atoms. The molecule has 0 amide bonds. The van der Waals surface area contributed by atoms with Gasteiger partial charge in [0.05, 0.1) is 0 Å². The fourth-order valence-corrected chi connectivity index (χ4v) is 2.66. The highest BCUT2D eigenvalue weighted by Crippen LogP contribution is 2.27. The second-order valence-electron chi connectivity index (χ2n) is 5.33. The highest BCUT2D eigenvalue weighted by Gasteiger charge is 2.19. The minimum absolute atomic E-state index is 0.586. The molecule has 0 aliphatic carbocycles. The molecule has 0 saturated carbocycles. The number of hydrogen-bond acceptors (Lipinski definition) is 3. The number of rotatable bonds is 4. The van der Waals surface area contributed by atoms with E-state index in [-0.39, 0.29) is 0 Å². The van der Waals surface area contributed by atoms with Crippen LogP contribution in [0, 0.1) is 0 Å². The van der Waals surface area contributed by atoms with Gasteiger partial charge in [-0.1, -0.05) is 32.0 Å². The van der Waals surface area contributed by atoms with E-state index in [1.165, 1.54) is 11.3 Å². The van der Waals surface area contributed by atoms with E-state index in [1.54, 1.807) is 0 Å². The molecular weight excluding hydrogens is 222 g/mol. The Morgan fingerprint density at radius 3 is 2.39 bits per heavy atom. The molecule has 18 heavy (non-hydrogen) atoms. The van der Waals surface area contributed by atoms with E-state index in [4.69, 9.17) is 5.73 Å². The maximum atomic E-state index is 5.61. The predicted molar refractivity (Wildman–Crippen MR) is 78.2 cm³/mol. The number of benzene rings is 1. The molecule has 0 atom stereocenters. The first-order valence-electron chi connectivity index (χ1n) is 6.98. The smallest absolute Gasteiger partial charge is 0.0402 e. The van der Waals surface area contributed by atoms with Crippen LogP contribution in [0.3, 0.4) is 0 Å². The molecule has 1 heterocycles. The molecule has 1 aromatic carbocycles. The van der Waals surface area contributed by atoms with E-state index in [0.717, 1.165) is 39.3 Å². The van der Waals surface area contributed by atoms with Gasteiger partial charge in [-0.3, -0.25) is 4.90 Å². The standard InChI is InChI=1S/C15H25N3/c1-13(2)14-5-3-4-6-15(14)18-11-9-17(8-7-16)10-12-18/h3-6,13H,7-12,16H2,1-2H3. The van der Waals surface area contributed by atoms with Crippen LogP contribution in [-0.2, 0) is 0 Å². The van der Waals surface area contributed by atoms with E-state index in [0.29, 0.717) is 5.92 Å². The van der Waals surface area contributed by atoms with Gasteiger partial charge < -0.3 is 10.6 Å². The Labute approximate surface area is 111 Å². The van der Waals surface area contributed by atoms with Crippen molar-refractivity contribution in [2.75, 3.05) is 44.2 Å². The molecule has 2 N–H and O–H groups in total. The molecule has 1 fully saturated rings. The van der Waals surface area contributed by atoms with Crippen LogP contribution >= 0.6 is 0 Å². The molecule has 0 bridgehead atoms. The molecule has 1 aliphatic rings. The maximum Gasteiger partial charge on any atom is 0.0402 e. The molecule has 3 nitrogen and oxygen atoms in total. The Morgan fingerprint density at radius 2 is 1.78 bits per heavy atom. The average Bonchev–Trinajstić information content (AvgIpc) is 2.40. The number of anilines is 1. The van der Waals surface area contributed by atoms with Crippen LogP contribution in [0.5, 0.6) is 0 Å². The van der Waals surface area contributed by atoms with Gasteiger partial charge in [0.1, 0.15) is 0 Å². The number of piperazine rings is 1. The summed E-state index contributed by atoms with van der Waals surface area (Å²) in [4.78, 5) is 4.97. The first-order chi connectivity index (χ1) is 8.72. The lowest BCUT2D eigenvalue weighted by atomic mass is 10.00. The first-order valence-corrected chi connectivity index (χ1v) is 6.98. The zero-order valence-corrected chi connectivity index (χ0v) is 11.6. The highest BCUT2D eigenvalue weighted by molar-refractivity contribution is 5.55. The van der Waals surface area contributed by atoms with Crippen LogP contribution in [-0.4, -0.2) is 44.2 Å². The molecule has 1 saturated heterocycles. The molecule has 3 heteroatoms. The Bertz CT molecular complexity index is 368. The molecule has 1 aromatic rings. The monoisotopic (exact) mass is 247 g/mol. The fraction of sp³-hybridized carbons (Fsp3) is 0.600. The first kappa shape index (κ1) is 13.4. The van der Waals surface area contributed by atoms with Crippen molar-refractivity contribution in [3.63, 3.8) is 0 Å². The number of para-hydroxylation sites is 1. The van der Waals surface area contributed by atoms with E-state index < -0.39 is 0 Å². The molecule has 0 radical (unpaired) electrons. The summed E-state index contributed by atoms with van der Waals surface area (Å²) in [6.45, 7) is 10.8. The van der Waals surface area contributed by atoms with Gasteiger partial charge in [0.2, 0.25) is 0 Å². The minimum atomic E-state index is 0.586. The lowest BCUT2D eigenvalue weighted by molar-refractivity contribution is 0.264. The van der Waals surface area contributed by atoms with Gasteiger partial charge in [0, 0.05) is 45.0 Å². The Kier molecular flexibility index (Phi) is 4.61.